The first-order chi connectivity index (χ1) is 13.5. The van der Waals surface area contributed by atoms with E-state index in [1.165, 1.54) is 0 Å². The van der Waals surface area contributed by atoms with Gasteiger partial charge in [-0.1, -0.05) is 43.4 Å². The molecule has 149 valence electrons. The Morgan fingerprint density at radius 2 is 1.34 bits per heavy atom. The van der Waals surface area contributed by atoms with Crippen LogP contribution in [0.2, 0.25) is 19.6 Å². The molecule has 0 fully saturated rings. The molecule has 0 aliphatic carbocycles. The summed E-state index contributed by atoms with van der Waals surface area (Å²) in [6.07, 6.45) is 0. The van der Waals surface area contributed by atoms with Crippen LogP contribution < -0.4 is 0 Å². The molecule has 1 aromatic heterocycles. The Hall–Kier alpha value is -2.05. The summed E-state index contributed by atoms with van der Waals surface area (Å²) in [6, 6.07) is 27.9. The molecule has 4 aromatic rings. The Bertz CT molecular complexity index is 874. The first kappa shape index (κ1) is 27.0. The second-order valence-corrected chi connectivity index (χ2v) is 11.6. The Morgan fingerprint density at radius 1 is 0.862 bits per heavy atom. The maximum absolute atomic E-state index is 7.00. The van der Waals surface area contributed by atoms with E-state index >= 15 is 0 Å². The molecule has 3 aromatic carbocycles. The van der Waals surface area contributed by atoms with E-state index < -0.39 is 8.07 Å². The summed E-state index contributed by atoms with van der Waals surface area (Å²) in [6.45, 7) is 10.6. The van der Waals surface area contributed by atoms with Gasteiger partial charge < -0.3 is 9.52 Å². The molecule has 0 unspecified atom stereocenters. The zero-order valence-electron chi connectivity index (χ0n) is 17.6. The van der Waals surface area contributed by atoms with Crippen LogP contribution in [-0.4, -0.2) is 20.3 Å². The van der Waals surface area contributed by atoms with E-state index in [0.717, 1.165) is 23.6 Å². The fourth-order valence-corrected chi connectivity index (χ4v) is 2.62. The fraction of sp³-hybridized carbons (Fsp3) is 0.160. The molecule has 0 aliphatic rings. The standard InChI is InChI=1S/C14H15OSi.2C5H5.CH4O.Zr/c1-11-12(9-10-16(2,3)4)13-7-5-6-8-14(13)15-11;2*1-2-4-5-3-1;1-2;/h5-8H,1H2,2-4H3;2*1-5H;2H,1H3;/q3*-1;;+3. The van der Waals surface area contributed by atoms with Crippen molar-refractivity contribution in [1.82, 2.24) is 0 Å². The van der Waals surface area contributed by atoms with Crippen molar-refractivity contribution >= 4 is 19.0 Å². The molecular formula is C25H29O2SiZr. The topological polar surface area (TPSA) is 33.4 Å². The van der Waals surface area contributed by atoms with Gasteiger partial charge in [-0.2, -0.15) is 42.3 Å². The molecule has 0 bridgehead atoms. The van der Waals surface area contributed by atoms with Crippen molar-refractivity contribution < 1.29 is 35.7 Å². The maximum atomic E-state index is 7.00. The molecule has 0 saturated heterocycles. The first-order valence-corrected chi connectivity index (χ1v) is 12.6. The largest absolute Gasteiger partial charge is 3.00 e. The number of aliphatic hydroxyl groups is 1. The number of hydrogen-bond acceptors (Lipinski definition) is 2. The SMILES string of the molecule is CO.[CH2-]c1oc2ccccc2c1C#C[Si](C)(C)C.[Zr+3].c1cc[cH-]c1.c1cc[cH-]c1. The first-order valence-electron chi connectivity index (χ1n) is 9.12. The van der Waals surface area contributed by atoms with Crippen molar-refractivity contribution in [2.45, 2.75) is 19.6 Å². The van der Waals surface area contributed by atoms with E-state index in [9.17, 15) is 0 Å². The van der Waals surface area contributed by atoms with Gasteiger partial charge in [0.15, 0.2) is 0 Å². The van der Waals surface area contributed by atoms with Crippen molar-refractivity contribution in [2.75, 3.05) is 7.11 Å². The van der Waals surface area contributed by atoms with E-state index in [1.54, 1.807) is 0 Å². The molecule has 0 amide bonds. The number of hydrogen-bond donors (Lipinski definition) is 1. The van der Waals surface area contributed by atoms with E-state index in [1.807, 2.05) is 84.9 Å². The van der Waals surface area contributed by atoms with Crippen LogP contribution in [0.1, 0.15) is 11.3 Å². The van der Waals surface area contributed by atoms with Crippen LogP contribution >= 0.6 is 0 Å². The zero-order valence-corrected chi connectivity index (χ0v) is 21.1. The summed E-state index contributed by atoms with van der Waals surface area (Å²) < 4.78 is 5.57. The van der Waals surface area contributed by atoms with Gasteiger partial charge in [0.2, 0.25) is 0 Å². The molecular weight excluding hydrogens is 452 g/mol. The van der Waals surface area contributed by atoms with E-state index in [4.69, 9.17) is 9.52 Å². The molecule has 0 aliphatic heterocycles. The van der Waals surface area contributed by atoms with Gasteiger partial charge in [0, 0.05) is 7.11 Å². The molecule has 1 heterocycles. The summed E-state index contributed by atoms with van der Waals surface area (Å²) in [5.41, 5.74) is 5.16. The number of furan rings is 1. The van der Waals surface area contributed by atoms with Crippen LogP contribution in [0.3, 0.4) is 0 Å². The smallest absolute Gasteiger partial charge is 0.495 e. The minimum Gasteiger partial charge on any atom is -0.495 e. The van der Waals surface area contributed by atoms with Gasteiger partial charge in [-0.25, -0.2) is 31.2 Å². The van der Waals surface area contributed by atoms with Crippen LogP contribution in [0, 0.1) is 18.4 Å². The molecule has 1 radical (unpaired) electrons. The molecule has 0 spiro atoms. The summed E-state index contributed by atoms with van der Waals surface area (Å²) in [5, 5.41) is 8.07. The zero-order chi connectivity index (χ0) is 20.8. The second kappa shape index (κ2) is 14.9. The molecule has 0 atom stereocenters. The average molecular weight is 481 g/mol. The molecule has 4 heteroatoms. The molecule has 1 N–H and O–H groups in total. The summed E-state index contributed by atoms with van der Waals surface area (Å²) in [7, 11) is -0.354. The normalized spacial score (nSPS) is 9.14. The number of aliphatic hydroxyl groups excluding tert-OH is 1. The van der Waals surface area contributed by atoms with Crippen molar-refractivity contribution in [2.24, 2.45) is 0 Å². The van der Waals surface area contributed by atoms with Crippen LogP contribution in [-0.2, 0) is 26.2 Å². The van der Waals surface area contributed by atoms with Crippen molar-refractivity contribution in [3.63, 3.8) is 0 Å². The summed E-state index contributed by atoms with van der Waals surface area (Å²) in [5.74, 6) is 3.90. The van der Waals surface area contributed by atoms with Crippen molar-refractivity contribution in [3.05, 3.63) is 103 Å². The predicted octanol–water partition coefficient (Wildman–Crippen LogP) is 6.26. The third-order valence-corrected chi connectivity index (χ3v) is 4.22. The van der Waals surface area contributed by atoms with Crippen LogP contribution in [0.5, 0.6) is 0 Å². The van der Waals surface area contributed by atoms with Crippen molar-refractivity contribution in [1.29, 1.82) is 0 Å². The third kappa shape index (κ3) is 10.9. The van der Waals surface area contributed by atoms with Gasteiger partial charge in [-0.05, 0) is 17.2 Å². The molecule has 2 nitrogen and oxygen atoms in total. The minimum absolute atomic E-state index is 0. The van der Waals surface area contributed by atoms with Crippen LogP contribution in [0.4, 0.5) is 0 Å². The number of fused-ring (bicyclic) bond motifs is 1. The van der Waals surface area contributed by atoms with E-state index in [2.05, 4.69) is 38.0 Å². The maximum Gasteiger partial charge on any atom is 3.00 e. The minimum atomic E-state index is -1.35. The monoisotopic (exact) mass is 479 g/mol. The van der Waals surface area contributed by atoms with Crippen LogP contribution in [0.25, 0.3) is 11.0 Å². The molecule has 4 rings (SSSR count). The average Bonchev–Trinajstić information content (AvgIpc) is 3.44. The Morgan fingerprint density at radius 3 is 1.76 bits per heavy atom. The van der Waals surface area contributed by atoms with E-state index in [-0.39, 0.29) is 26.2 Å². The van der Waals surface area contributed by atoms with Gasteiger partial charge in [0.05, 0.1) is 0 Å². The quantitative estimate of drug-likeness (QED) is 0.183. The Kier molecular flexibility index (Phi) is 13.8. The van der Waals surface area contributed by atoms with Gasteiger partial charge in [0.1, 0.15) is 13.7 Å². The fourth-order valence-electron chi connectivity index (χ4n) is 2.12. The second-order valence-electron chi connectivity index (χ2n) is 6.82. The van der Waals surface area contributed by atoms with E-state index in [0.29, 0.717) is 5.76 Å². The molecule has 29 heavy (non-hydrogen) atoms. The third-order valence-electron chi connectivity index (χ3n) is 3.34. The summed E-state index contributed by atoms with van der Waals surface area (Å²) in [4.78, 5) is 0. The van der Waals surface area contributed by atoms with Crippen LogP contribution in [0.15, 0.2) is 89.3 Å². The molecule has 0 saturated carbocycles. The van der Waals surface area contributed by atoms with Gasteiger partial charge in [-0.3, -0.25) is 0 Å². The Labute approximate surface area is 195 Å². The Balaban J connectivity index is 0.000000493. The summed E-state index contributed by atoms with van der Waals surface area (Å²) >= 11 is 0. The predicted molar refractivity (Wildman–Crippen MR) is 123 cm³/mol. The van der Waals surface area contributed by atoms with Gasteiger partial charge >= 0.3 is 26.2 Å². The van der Waals surface area contributed by atoms with Gasteiger partial charge in [-0.15, -0.1) is 5.54 Å². The number of benzene rings is 1. The van der Waals surface area contributed by atoms with Crippen molar-refractivity contribution in [3.8, 4) is 11.5 Å². The number of rotatable bonds is 0. The van der Waals surface area contributed by atoms with Gasteiger partial charge in [0.25, 0.3) is 0 Å². The number of para-hydroxylation sites is 1.